The molecule has 6 aliphatic rings. The van der Waals surface area contributed by atoms with Crippen LogP contribution >= 0.6 is 0 Å². The molecule has 0 spiro atoms. The average Bonchev–Trinajstić information content (AvgIpc) is 3.86. The second kappa shape index (κ2) is 37.9. The van der Waals surface area contributed by atoms with Crippen LogP contribution < -0.4 is 0 Å². The van der Waals surface area contributed by atoms with Crippen molar-refractivity contribution in [1.29, 1.82) is 0 Å². The fraction of sp³-hybridized carbons (Fsp3) is 0.683. The van der Waals surface area contributed by atoms with Gasteiger partial charge in [0.25, 0.3) is 0 Å². The highest BCUT2D eigenvalue weighted by Crippen LogP contribution is 2.16. The highest BCUT2D eigenvalue weighted by Gasteiger charge is 1.97. The molecule has 0 heterocycles. The Hall–Kier alpha value is -2.09. The van der Waals surface area contributed by atoms with Gasteiger partial charge in [-0.05, 0) is 12.8 Å². The SMILES string of the molecule is C1CC1.C1CC1.C1CC1.C1CC1.C1CC1.C1CC1.CCCCCCCCCC=CC=CC=CC=CC=CC=CC(=O)OC. The first-order valence-corrected chi connectivity index (χ1v) is 18.4. The summed E-state index contributed by atoms with van der Waals surface area (Å²) in [7, 11) is 1.36. The summed E-state index contributed by atoms with van der Waals surface area (Å²) in [5.74, 6) is -0.348. The molecule has 0 bridgehead atoms. The molecule has 0 N–H and O–H groups in total. The summed E-state index contributed by atoms with van der Waals surface area (Å²) in [6.07, 6.45) is 60.6. The van der Waals surface area contributed by atoms with Gasteiger partial charge in [-0.25, -0.2) is 4.79 Å². The van der Waals surface area contributed by atoms with E-state index in [0.29, 0.717) is 0 Å². The van der Waals surface area contributed by atoms with Gasteiger partial charge >= 0.3 is 5.97 Å². The van der Waals surface area contributed by atoms with E-state index in [1.165, 1.54) is 180 Å². The fourth-order valence-electron chi connectivity index (χ4n) is 2.11. The van der Waals surface area contributed by atoms with E-state index < -0.39 is 0 Å². The Labute approximate surface area is 268 Å². The van der Waals surface area contributed by atoms with Crippen LogP contribution in [0.5, 0.6) is 0 Å². The summed E-state index contributed by atoms with van der Waals surface area (Å²) >= 11 is 0. The predicted molar refractivity (Wildman–Crippen MR) is 193 cm³/mol. The molecule has 6 saturated carbocycles. The molecule has 2 nitrogen and oxygen atoms in total. The predicted octanol–water partition coefficient (Wildman–Crippen LogP) is 13.7. The maximum absolute atomic E-state index is 10.8. The van der Waals surface area contributed by atoms with Crippen molar-refractivity contribution in [3.63, 3.8) is 0 Å². The number of unbranched alkanes of at least 4 members (excludes halogenated alkanes) is 7. The Kier molecular flexibility index (Phi) is 36.1. The number of esters is 1. The van der Waals surface area contributed by atoms with Crippen molar-refractivity contribution in [2.45, 2.75) is 174 Å². The molecule has 2 heteroatoms. The van der Waals surface area contributed by atoms with E-state index >= 15 is 0 Å². The van der Waals surface area contributed by atoms with Gasteiger partial charge in [-0.1, -0.05) is 228 Å². The van der Waals surface area contributed by atoms with Crippen LogP contribution in [0.25, 0.3) is 0 Å². The van der Waals surface area contributed by atoms with Gasteiger partial charge in [0.1, 0.15) is 0 Å². The van der Waals surface area contributed by atoms with E-state index in [9.17, 15) is 4.79 Å². The van der Waals surface area contributed by atoms with Crippen molar-refractivity contribution in [3.05, 3.63) is 72.9 Å². The largest absolute Gasteiger partial charge is 0.466 e. The maximum Gasteiger partial charge on any atom is 0.330 e. The normalized spacial score (nSPS) is 17.5. The zero-order chi connectivity index (χ0) is 31.2. The lowest BCUT2D eigenvalue weighted by Gasteiger charge is -1.98. The van der Waals surface area contributed by atoms with Gasteiger partial charge in [0.15, 0.2) is 0 Å². The van der Waals surface area contributed by atoms with Gasteiger partial charge < -0.3 is 4.74 Å². The molecule has 6 aliphatic carbocycles. The van der Waals surface area contributed by atoms with Crippen LogP contribution in [0.15, 0.2) is 72.9 Å². The lowest BCUT2D eigenvalue weighted by molar-refractivity contribution is -0.134. The van der Waals surface area contributed by atoms with Crippen molar-refractivity contribution >= 4 is 5.97 Å². The minimum absolute atomic E-state index is 0.348. The number of ether oxygens (including phenoxy) is 1. The highest BCUT2D eigenvalue weighted by molar-refractivity contribution is 5.82. The molecule has 246 valence electrons. The summed E-state index contributed by atoms with van der Waals surface area (Å²) in [5, 5.41) is 0. The van der Waals surface area contributed by atoms with E-state index in [0.717, 1.165) is 0 Å². The number of carbonyl (C=O) groups excluding carboxylic acids is 1. The van der Waals surface area contributed by atoms with Crippen LogP contribution in [0.3, 0.4) is 0 Å². The number of allylic oxidation sites excluding steroid dienone is 11. The third kappa shape index (κ3) is 79.2. The summed E-state index contributed by atoms with van der Waals surface area (Å²) in [6, 6.07) is 0. The Morgan fingerprint density at radius 1 is 0.442 bits per heavy atom. The molecule has 6 fully saturated rings. The lowest BCUT2D eigenvalue weighted by Crippen LogP contribution is -1.92. The van der Waals surface area contributed by atoms with Crippen LogP contribution in [-0.2, 0) is 9.53 Å². The van der Waals surface area contributed by atoms with Gasteiger partial charge in [0.05, 0.1) is 7.11 Å². The monoisotopic (exact) mass is 595 g/mol. The first kappa shape index (κ1) is 40.9. The summed E-state index contributed by atoms with van der Waals surface area (Å²) in [6.45, 7) is 2.26. The van der Waals surface area contributed by atoms with Crippen molar-refractivity contribution in [3.8, 4) is 0 Å². The molecule has 43 heavy (non-hydrogen) atoms. The minimum atomic E-state index is -0.348. The second-order valence-corrected chi connectivity index (χ2v) is 12.1. The van der Waals surface area contributed by atoms with Crippen LogP contribution in [0.1, 0.15) is 174 Å². The third-order valence-electron chi connectivity index (χ3n) is 5.67. The second-order valence-electron chi connectivity index (χ2n) is 12.1. The van der Waals surface area contributed by atoms with Gasteiger partial charge in [-0.2, -0.15) is 0 Å². The van der Waals surface area contributed by atoms with Crippen molar-refractivity contribution in [1.82, 2.24) is 0 Å². The molecule has 0 aromatic heterocycles. The molecule has 6 rings (SSSR count). The summed E-state index contributed by atoms with van der Waals surface area (Å²) in [5.41, 5.74) is 0. The van der Waals surface area contributed by atoms with E-state index in [1.807, 2.05) is 36.5 Å². The molecule has 0 unspecified atom stereocenters. The fourth-order valence-corrected chi connectivity index (χ4v) is 2.11. The molecular formula is C41H70O2. The Balaban J connectivity index is 0.000000749. The van der Waals surface area contributed by atoms with Crippen molar-refractivity contribution in [2.75, 3.05) is 7.11 Å². The van der Waals surface area contributed by atoms with E-state index in [2.05, 4.69) is 29.9 Å². The Morgan fingerprint density at radius 3 is 1.07 bits per heavy atom. The van der Waals surface area contributed by atoms with Gasteiger partial charge in [-0.15, -0.1) is 0 Å². The first-order valence-electron chi connectivity index (χ1n) is 18.4. The molecular weight excluding hydrogens is 524 g/mol. The maximum atomic E-state index is 10.8. The number of rotatable bonds is 14. The standard InChI is InChI=1S/C23H34O2.6C3H6/c1-3-4-5-6-7-8-9-10-11-12-13-14-15-16-17-18-19-20-21-22-23(24)25-2;6*1-2-3-1/h11-22H,3-10H2,1-2H3;6*1-3H2. The average molecular weight is 595 g/mol. The van der Waals surface area contributed by atoms with Crippen LogP contribution in [0, 0.1) is 0 Å². The van der Waals surface area contributed by atoms with Crippen LogP contribution in [0.4, 0.5) is 0 Å². The number of methoxy groups -OCH3 is 1. The quantitative estimate of drug-likeness (QED) is 0.0865. The smallest absolute Gasteiger partial charge is 0.330 e. The van der Waals surface area contributed by atoms with E-state index in [-0.39, 0.29) is 5.97 Å². The first-order chi connectivity index (χ1) is 21.3. The highest BCUT2D eigenvalue weighted by atomic mass is 16.5. The lowest BCUT2D eigenvalue weighted by atomic mass is 10.1. The van der Waals surface area contributed by atoms with E-state index in [1.54, 1.807) is 12.2 Å². The third-order valence-corrected chi connectivity index (χ3v) is 5.67. The zero-order valence-electron chi connectivity index (χ0n) is 28.6. The van der Waals surface area contributed by atoms with Crippen molar-refractivity contribution in [2.24, 2.45) is 0 Å². The Bertz CT molecular complexity index is 662. The summed E-state index contributed by atoms with van der Waals surface area (Å²) < 4.78 is 4.49. The summed E-state index contributed by atoms with van der Waals surface area (Å²) in [4.78, 5) is 10.8. The number of hydrogen-bond donors (Lipinski definition) is 0. The molecule has 0 aliphatic heterocycles. The van der Waals surface area contributed by atoms with Gasteiger partial charge in [0, 0.05) is 6.08 Å². The van der Waals surface area contributed by atoms with Gasteiger partial charge in [-0.3, -0.25) is 0 Å². The Morgan fingerprint density at radius 2 is 0.744 bits per heavy atom. The molecule has 0 atom stereocenters. The van der Waals surface area contributed by atoms with E-state index in [4.69, 9.17) is 0 Å². The zero-order valence-corrected chi connectivity index (χ0v) is 28.6. The van der Waals surface area contributed by atoms with Crippen LogP contribution in [0.2, 0.25) is 0 Å². The topological polar surface area (TPSA) is 26.3 Å². The molecule has 0 radical (unpaired) electrons. The molecule has 0 amide bonds. The van der Waals surface area contributed by atoms with Crippen LogP contribution in [-0.4, -0.2) is 13.1 Å². The number of carbonyl (C=O) groups is 1. The minimum Gasteiger partial charge on any atom is -0.466 e. The number of hydrogen-bond acceptors (Lipinski definition) is 2. The van der Waals surface area contributed by atoms with Crippen molar-refractivity contribution < 1.29 is 9.53 Å². The van der Waals surface area contributed by atoms with Gasteiger partial charge in [0.2, 0.25) is 0 Å². The molecule has 0 saturated heterocycles. The molecule has 0 aromatic carbocycles. The molecule has 0 aromatic rings.